The maximum atomic E-state index is 11.7. The Hall–Kier alpha value is -0.580. The van der Waals surface area contributed by atoms with Gasteiger partial charge in [-0.3, -0.25) is 0 Å². The predicted molar refractivity (Wildman–Crippen MR) is 65.1 cm³/mol. The van der Waals surface area contributed by atoms with Gasteiger partial charge in [0, 0.05) is 13.1 Å². The first-order valence-electron chi connectivity index (χ1n) is 5.24. The van der Waals surface area contributed by atoms with E-state index in [0.29, 0.717) is 13.1 Å². The zero-order chi connectivity index (χ0) is 11.6. The summed E-state index contributed by atoms with van der Waals surface area (Å²) in [7, 11) is -3.26. The number of halogens is 1. The molecule has 0 radical (unpaired) electrons. The summed E-state index contributed by atoms with van der Waals surface area (Å²) >= 11 is 5.46. The van der Waals surface area contributed by atoms with Crippen LogP contribution in [0.3, 0.4) is 0 Å². The molecule has 0 saturated carbocycles. The summed E-state index contributed by atoms with van der Waals surface area (Å²) in [6.45, 7) is 1.07. The fraction of sp³-hybridized carbons (Fsp3) is 0.455. The van der Waals surface area contributed by atoms with Crippen molar-refractivity contribution in [3.8, 4) is 0 Å². The lowest BCUT2D eigenvalue weighted by atomic mass is 10.0. The molecule has 3 nitrogen and oxygen atoms in total. The van der Waals surface area contributed by atoms with Crippen molar-refractivity contribution in [3.63, 3.8) is 0 Å². The summed E-state index contributed by atoms with van der Waals surface area (Å²) in [5, 5.41) is -0.330. The molecule has 0 aromatic heterocycles. The first kappa shape index (κ1) is 11.9. The largest absolute Gasteiger partial charge is 0.228 e. The van der Waals surface area contributed by atoms with E-state index in [1.54, 1.807) is 0 Å². The molecule has 2 rings (SSSR count). The second-order valence-electron chi connectivity index (χ2n) is 3.89. The lowest BCUT2D eigenvalue weighted by Crippen LogP contribution is -2.33. The van der Waals surface area contributed by atoms with Crippen LogP contribution in [-0.2, 0) is 22.9 Å². The van der Waals surface area contributed by atoms with E-state index in [-0.39, 0.29) is 5.21 Å². The summed E-state index contributed by atoms with van der Waals surface area (Å²) in [4.78, 5) is 0. The minimum absolute atomic E-state index is 0.330. The minimum Gasteiger partial charge on any atom is -0.211 e. The van der Waals surface area contributed by atoms with E-state index in [0.717, 1.165) is 12.8 Å². The Balaban J connectivity index is 2.20. The third kappa shape index (κ3) is 2.39. The number of rotatable bonds is 2. The third-order valence-electron chi connectivity index (χ3n) is 2.91. The van der Waals surface area contributed by atoms with Crippen molar-refractivity contribution in [2.24, 2.45) is 0 Å². The molecule has 1 aliphatic heterocycles. The summed E-state index contributed by atoms with van der Waals surface area (Å²) in [5.41, 5.74) is 2.49. The van der Waals surface area contributed by atoms with Gasteiger partial charge in [0.2, 0.25) is 10.0 Å². The molecular weight excluding hydrogens is 246 g/mol. The molecule has 1 aromatic carbocycles. The van der Waals surface area contributed by atoms with Gasteiger partial charge in [-0.2, -0.15) is 0 Å². The molecule has 1 heterocycles. The smallest absolute Gasteiger partial charge is 0.211 e. The van der Waals surface area contributed by atoms with Crippen LogP contribution in [0.5, 0.6) is 0 Å². The fourth-order valence-electron chi connectivity index (χ4n) is 1.99. The Morgan fingerprint density at radius 1 is 1.12 bits per heavy atom. The molecule has 0 saturated heterocycles. The summed E-state index contributed by atoms with van der Waals surface area (Å²) in [5.74, 6) is 0. The van der Waals surface area contributed by atoms with Gasteiger partial charge in [-0.15, -0.1) is 11.6 Å². The normalized spacial score (nSPS) is 17.8. The van der Waals surface area contributed by atoms with Crippen LogP contribution in [0, 0.1) is 0 Å². The average Bonchev–Trinajstić information content (AvgIpc) is 2.51. The molecule has 88 valence electrons. The molecule has 0 atom stereocenters. The molecule has 16 heavy (non-hydrogen) atoms. The molecule has 0 N–H and O–H groups in total. The van der Waals surface area contributed by atoms with E-state index in [2.05, 4.69) is 12.1 Å². The van der Waals surface area contributed by atoms with Crippen molar-refractivity contribution in [1.29, 1.82) is 0 Å². The fourth-order valence-corrected chi connectivity index (χ4v) is 3.29. The Morgan fingerprint density at radius 2 is 1.62 bits per heavy atom. The standard InChI is InChI=1S/C11H14ClNO2S/c12-9-16(14,15)13-7-5-10-3-1-2-4-11(10)6-8-13/h1-4H,5-9H2. The third-order valence-corrected chi connectivity index (χ3v) is 5.17. The highest BCUT2D eigenvalue weighted by Crippen LogP contribution is 2.17. The topological polar surface area (TPSA) is 37.4 Å². The zero-order valence-electron chi connectivity index (χ0n) is 8.89. The lowest BCUT2D eigenvalue weighted by molar-refractivity contribution is 0.430. The van der Waals surface area contributed by atoms with Crippen LogP contribution >= 0.6 is 11.6 Å². The van der Waals surface area contributed by atoms with Gasteiger partial charge in [-0.05, 0) is 24.0 Å². The van der Waals surface area contributed by atoms with Crippen molar-refractivity contribution in [2.45, 2.75) is 12.8 Å². The summed E-state index contributed by atoms with van der Waals surface area (Å²) < 4.78 is 24.8. The molecule has 0 aliphatic carbocycles. The maximum Gasteiger partial charge on any atom is 0.228 e. The molecular formula is C11H14ClNO2S. The van der Waals surface area contributed by atoms with Crippen LogP contribution in [0.25, 0.3) is 0 Å². The number of nitrogens with zero attached hydrogens (tertiary/aromatic N) is 1. The van der Waals surface area contributed by atoms with Crippen molar-refractivity contribution in [1.82, 2.24) is 4.31 Å². The van der Waals surface area contributed by atoms with Gasteiger partial charge in [-0.25, -0.2) is 12.7 Å². The number of alkyl halides is 1. The van der Waals surface area contributed by atoms with Gasteiger partial charge < -0.3 is 0 Å². The highest BCUT2D eigenvalue weighted by Gasteiger charge is 2.23. The zero-order valence-corrected chi connectivity index (χ0v) is 10.5. The van der Waals surface area contributed by atoms with Gasteiger partial charge in [0.1, 0.15) is 5.21 Å². The monoisotopic (exact) mass is 259 g/mol. The van der Waals surface area contributed by atoms with Crippen LogP contribution in [0.1, 0.15) is 11.1 Å². The maximum absolute atomic E-state index is 11.7. The molecule has 0 spiro atoms. The first-order chi connectivity index (χ1) is 7.63. The van der Waals surface area contributed by atoms with Gasteiger partial charge in [0.05, 0.1) is 0 Å². The number of hydrogen-bond donors (Lipinski definition) is 0. The van der Waals surface area contributed by atoms with Gasteiger partial charge >= 0.3 is 0 Å². The first-order valence-corrected chi connectivity index (χ1v) is 7.38. The SMILES string of the molecule is O=S(=O)(CCl)N1CCc2ccccc2CC1. The average molecular weight is 260 g/mol. The predicted octanol–water partition coefficient (Wildman–Crippen LogP) is 1.61. The molecule has 0 bridgehead atoms. The Morgan fingerprint density at radius 3 is 2.06 bits per heavy atom. The van der Waals surface area contributed by atoms with E-state index in [1.807, 2.05) is 12.1 Å². The second-order valence-corrected chi connectivity index (χ2v) is 6.44. The highest BCUT2D eigenvalue weighted by atomic mass is 35.5. The van der Waals surface area contributed by atoms with E-state index >= 15 is 0 Å². The molecule has 5 heteroatoms. The summed E-state index contributed by atoms with van der Waals surface area (Å²) in [6, 6.07) is 8.10. The van der Waals surface area contributed by atoms with Crippen molar-refractivity contribution in [2.75, 3.05) is 18.3 Å². The lowest BCUT2D eigenvalue weighted by Gasteiger charge is -2.17. The Kier molecular flexibility index (Phi) is 3.52. The van der Waals surface area contributed by atoms with Gasteiger partial charge in [0.15, 0.2) is 0 Å². The highest BCUT2D eigenvalue weighted by molar-refractivity contribution is 7.90. The van der Waals surface area contributed by atoms with Gasteiger partial charge in [-0.1, -0.05) is 24.3 Å². The molecule has 1 aromatic rings. The van der Waals surface area contributed by atoms with Crippen LogP contribution in [-0.4, -0.2) is 31.0 Å². The van der Waals surface area contributed by atoms with Crippen LogP contribution < -0.4 is 0 Å². The number of hydrogen-bond acceptors (Lipinski definition) is 2. The van der Waals surface area contributed by atoms with Crippen molar-refractivity contribution >= 4 is 21.6 Å². The van der Waals surface area contributed by atoms with Crippen LogP contribution in [0.4, 0.5) is 0 Å². The van der Waals surface area contributed by atoms with Crippen LogP contribution in [0.15, 0.2) is 24.3 Å². The molecule has 1 aliphatic rings. The van der Waals surface area contributed by atoms with Crippen molar-refractivity contribution in [3.05, 3.63) is 35.4 Å². The van der Waals surface area contributed by atoms with Crippen LogP contribution in [0.2, 0.25) is 0 Å². The number of benzene rings is 1. The van der Waals surface area contributed by atoms with E-state index < -0.39 is 10.0 Å². The number of fused-ring (bicyclic) bond motifs is 1. The Bertz CT molecular complexity index is 446. The minimum atomic E-state index is -3.26. The second kappa shape index (κ2) is 4.73. The van der Waals surface area contributed by atoms with E-state index in [4.69, 9.17) is 11.6 Å². The summed E-state index contributed by atoms with van der Waals surface area (Å²) in [6.07, 6.45) is 1.54. The quantitative estimate of drug-likeness (QED) is 0.757. The van der Waals surface area contributed by atoms with Gasteiger partial charge in [0.25, 0.3) is 0 Å². The molecule has 0 fully saturated rings. The molecule has 0 amide bonds. The van der Waals surface area contributed by atoms with Crippen molar-refractivity contribution < 1.29 is 8.42 Å². The molecule has 0 unspecified atom stereocenters. The van der Waals surface area contributed by atoms with E-state index in [9.17, 15) is 8.42 Å². The van der Waals surface area contributed by atoms with E-state index in [1.165, 1.54) is 15.4 Å². The Labute approximate surface area is 101 Å². The number of sulfonamides is 1.